The summed E-state index contributed by atoms with van der Waals surface area (Å²) in [6.07, 6.45) is 3.58. The minimum atomic E-state index is -0.0203. The van der Waals surface area contributed by atoms with Crippen LogP contribution in [0.3, 0.4) is 0 Å². The molecule has 0 fully saturated rings. The van der Waals surface area contributed by atoms with Crippen LogP contribution >= 0.6 is 0 Å². The number of hydrogen-bond acceptors (Lipinski definition) is 2. The molecular formula is C15H25NO. The molecule has 0 saturated carbocycles. The topological polar surface area (TPSA) is 12.5 Å². The molecule has 0 heterocycles. The van der Waals surface area contributed by atoms with Gasteiger partial charge in [-0.25, -0.2) is 5.06 Å². The van der Waals surface area contributed by atoms with Crippen LogP contribution in [0.1, 0.15) is 47.0 Å². The van der Waals surface area contributed by atoms with Crippen molar-refractivity contribution in [2.45, 2.75) is 52.5 Å². The second kappa shape index (κ2) is 6.65. The van der Waals surface area contributed by atoms with E-state index in [9.17, 15) is 0 Å². The van der Waals surface area contributed by atoms with Crippen molar-refractivity contribution in [2.24, 2.45) is 0 Å². The molecule has 0 spiro atoms. The van der Waals surface area contributed by atoms with Crippen LogP contribution in [0.4, 0.5) is 5.69 Å². The molecule has 0 aliphatic heterocycles. The lowest BCUT2D eigenvalue weighted by atomic mass is 10.1. The van der Waals surface area contributed by atoms with Crippen LogP contribution in [0.15, 0.2) is 30.3 Å². The van der Waals surface area contributed by atoms with Crippen LogP contribution in [0.25, 0.3) is 0 Å². The molecule has 0 radical (unpaired) electrons. The monoisotopic (exact) mass is 235 g/mol. The van der Waals surface area contributed by atoms with Gasteiger partial charge in [0.2, 0.25) is 0 Å². The van der Waals surface area contributed by atoms with Crippen molar-refractivity contribution in [3.63, 3.8) is 0 Å². The van der Waals surface area contributed by atoms with Crippen molar-refractivity contribution in [3.8, 4) is 0 Å². The third kappa shape index (κ3) is 4.78. The summed E-state index contributed by atoms with van der Waals surface area (Å²) in [5.74, 6) is 0. The van der Waals surface area contributed by atoms with E-state index >= 15 is 0 Å². The number of benzene rings is 1. The highest BCUT2D eigenvalue weighted by atomic mass is 16.7. The summed E-state index contributed by atoms with van der Waals surface area (Å²) in [7, 11) is 0. The molecule has 0 saturated heterocycles. The van der Waals surface area contributed by atoms with E-state index in [0.717, 1.165) is 18.7 Å². The summed E-state index contributed by atoms with van der Waals surface area (Å²) in [6, 6.07) is 10.3. The first-order chi connectivity index (χ1) is 8.05. The standard InChI is InChI=1S/C15H25NO/c1-5-6-10-13-17-16(15(2,3)4)14-11-8-7-9-12-14/h7-9,11-12H,5-6,10,13H2,1-4H3. The van der Waals surface area contributed by atoms with Crippen molar-refractivity contribution >= 4 is 5.69 Å². The zero-order valence-electron chi connectivity index (χ0n) is 11.6. The number of rotatable bonds is 6. The summed E-state index contributed by atoms with van der Waals surface area (Å²) in [5.41, 5.74) is 1.10. The Labute approximate surface area is 106 Å². The summed E-state index contributed by atoms with van der Waals surface area (Å²) >= 11 is 0. The first kappa shape index (κ1) is 14.0. The smallest absolute Gasteiger partial charge is 0.0749 e. The molecule has 1 aromatic rings. The molecule has 0 aliphatic carbocycles. The van der Waals surface area contributed by atoms with E-state index in [1.54, 1.807) is 0 Å². The molecule has 0 atom stereocenters. The fraction of sp³-hybridized carbons (Fsp3) is 0.600. The SMILES string of the molecule is CCCCCON(c1ccccc1)C(C)(C)C. The average molecular weight is 235 g/mol. The van der Waals surface area contributed by atoms with Crippen molar-refractivity contribution in [1.29, 1.82) is 0 Å². The Kier molecular flexibility index (Phi) is 5.49. The molecule has 96 valence electrons. The molecule has 2 heteroatoms. The van der Waals surface area contributed by atoms with Gasteiger partial charge >= 0.3 is 0 Å². The van der Waals surface area contributed by atoms with Crippen LogP contribution in [-0.4, -0.2) is 12.1 Å². The first-order valence-electron chi connectivity index (χ1n) is 6.54. The van der Waals surface area contributed by atoms with E-state index in [1.165, 1.54) is 12.8 Å². The minimum Gasteiger partial charge on any atom is -0.273 e. The summed E-state index contributed by atoms with van der Waals surface area (Å²) in [5, 5.41) is 2.02. The fourth-order valence-corrected chi connectivity index (χ4v) is 1.73. The van der Waals surface area contributed by atoms with Gasteiger partial charge in [-0.3, -0.25) is 4.84 Å². The minimum absolute atomic E-state index is 0.0203. The van der Waals surface area contributed by atoms with Crippen LogP contribution < -0.4 is 5.06 Å². The van der Waals surface area contributed by atoms with Gasteiger partial charge in [0, 0.05) is 0 Å². The second-order valence-corrected chi connectivity index (χ2v) is 5.34. The van der Waals surface area contributed by atoms with Crippen molar-refractivity contribution in [2.75, 3.05) is 11.7 Å². The van der Waals surface area contributed by atoms with Gasteiger partial charge in [0.25, 0.3) is 0 Å². The maximum atomic E-state index is 5.93. The van der Waals surface area contributed by atoms with E-state index < -0.39 is 0 Å². The quantitative estimate of drug-likeness (QED) is 0.535. The molecule has 0 aliphatic rings. The van der Waals surface area contributed by atoms with Gasteiger partial charge in [-0.15, -0.1) is 0 Å². The number of hydroxylamine groups is 1. The van der Waals surface area contributed by atoms with Crippen LogP contribution in [0, 0.1) is 0 Å². The van der Waals surface area contributed by atoms with Gasteiger partial charge in [0.15, 0.2) is 0 Å². The van der Waals surface area contributed by atoms with E-state index in [0.29, 0.717) is 0 Å². The maximum absolute atomic E-state index is 5.93. The van der Waals surface area contributed by atoms with E-state index in [2.05, 4.69) is 39.8 Å². The number of para-hydroxylation sites is 1. The van der Waals surface area contributed by atoms with E-state index in [4.69, 9.17) is 4.84 Å². The van der Waals surface area contributed by atoms with Crippen molar-refractivity contribution in [1.82, 2.24) is 0 Å². The first-order valence-corrected chi connectivity index (χ1v) is 6.54. The van der Waals surface area contributed by atoms with Crippen LogP contribution in [-0.2, 0) is 4.84 Å². The lowest BCUT2D eigenvalue weighted by Crippen LogP contribution is -2.41. The Hall–Kier alpha value is -1.02. The molecule has 17 heavy (non-hydrogen) atoms. The molecular weight excluding hydrogens is 210 g/mol. The Morgan fingerprint density at radius 1 is 1.06 bits per heavy atom. The predicted octanol–water partition coefficient (Wildman–Crippen LogP) is 4.41. The Balaban J connectivity index is 2.63. The highest BCUT2D eigenvalue weighted by Gasteiger charge is 2.22. The number of nitrogens with zero attached hydrogens (tertiary/aromatic N) is 1. The number of hydrogen-bond donors (Lipinski definition) is 0. The maximum Gasteiger partial charge on any atom is 0.0749 e. The second-order valence-electron chi connectivity index (χ2n) is 5.34. The molecule has 0 N–H and O–H groups in total. The zero-order chi connectivity index (χ0) is 12.7. The van der Waals surface area contributed by atoms with E-state index in [-0.39, 0.29) is 5.54 Å². The fourth-order valence-electron chi connectivity index (χ4n) is 1.73. The number of unbranched alkanes of at least 4 members (excludes halogenated alkanes) is 2. The van der Waals surface area contributed by atoms with Gasteiger partial charge in [0.1, 0.15) is 0 Å². The third-order valence-corrected chi connectivity index (χ3v) is 2.57. The summed E-state index contributed by atoms with van der Waals surface area (Å²) < 4.78 is 0. The largest absolute Gasteiger partial charge is 0.273 e. The molecule has 0 amide bonds. The molecule has 0 bridgehead atoms. The molecule has 0 aromatic heterocycles. The Bertz CT molecular complexity index is 302. The predicted molar refractivity (Wildman–Crippen MR) is 74.2 cm³/mol. The summed E-state index contributed by atoms with van der Waals surface area (Å²) in [6.45, 7) is 9.50. The Morgan fingerprint density at radius 3 is 2.24 bits per heavy atom. The van der Waals surface area contributed by atoms with Crippen molar-refractivity contribution < 1.29 is 4.84 Å². The average Bonchev–Trinajstić information content (AvgIpc) is 2.28. The van der Waals surface area contributed by atoms with Gasteiger partial charge in [0.05, 0.1) is 17.8 Å². The molecule has 1 aromatic carbocycles. The van der Waals surface area contributed by atoms with Crippen molar-refractivity contribution in [3.05, 3.63) is 30.3 Å². The lowest BCUT2D eigenvalue weighted by Gasteiger charge is -2.36. The molecule has 2 nitrogen and oxygen atoms in total. The highest BCUT2D eigenvalue weighted by molar-refractivity contribution is 5.45. The van der Waals surface area contributed by atoms with E-state index in [1.807, 2.05) is 23.3 Å². The van der Waals surface area contributed by atoms with Crippen LogP contribution in [0.2, 0.25) is 0 Å². The van der Waals surface area contributed by atoms with Gasteiger partial charge in [-0.1, -0.05) is 38.0 Å². The molecule has 0 unspecified atom stereocenters. The van der Waals surface area contributed by atoms with Gasteiger partial charge < -0.3 is 0 Å². The highest BCUT2D eigenvalue weighted by Crippen LogP contribution is 2.23. The normalized spacial score (nSPS) is 11.5. The summed E-state index contributed by atoms with van der Waals surface area (Å²) in [4.78, 5) is 5.93. The molecule has 1 rings (SSSR count). The van der Waals surface area contributed by atoms with Crippen LogP contribution in [0.5, 0.6) is 0 Å². The van der Waals surface area contributed by atoms with Gasteiger partial charge in [-0.2, -0.15) is 0 Å². The van der Waals surface area contributed by atoms with Gasteiger partial charge in [-0.05, 0) is 39.3 Å². The zero-order valence-corrected chi connectivity index (χ0v) is 11.6. The lowest BCUT2D eigenvalue weighted by molar-refractivity contribution is 0.0637. The number of anilines is 1. The third-order valence-electron chi connectivity index (χ3n) is 2.57. The Morgan fingerprint density at radius 2 is 1.71 bits per heavy atom.